The van der Waals surface area contributed by atoms with Crippen molar-refractivity contribution >= 4 is 11.7 Å². The molecule has 1 heterocycles. The maximum atomic E-state index is 11.2. The number of rotatable bonds is 4. The summed E-state index contributed by atoms with van der Waals surface area (Å²) in [5, 5.41) is 16.9. The molecule has 1 aromatic rings. The summed E-state index contributed by atoms with van der Waals surface area (Å²) in [5.74, 6) is 0.0437. The predicted molar refractivity (Wildman–Crippen MR) is 65.5 cm³/mol. The van der Waals surface area contributed by atoms with Crippen LogP contribution in [0, 0.1) is 11.3 Å². The SMILES string of the molecule is N#Cc1ccnnc1N(CC(N)=O)C1CCCC1. The maximum Gasteiger partial charge on any atom is 0.237 e. The summed E-state index contributed by atoms with van der Waals surface area (Å²) in [6.07, 6.45) is 5.72. The van der Waals surface area contributed by atoms with Crippen LogP contribution in [0.5, 0.6) is 0 Å². The lowest BCUT2D eigenvalue weighted by Crippen LogP contribution is -2.41. The van der Waals surface area contributed by atoms with Gasteiger partial charge in [-0.3, -0.25) is 4.79 Å². The van der Waals surface area contributed by atoms with Gasteiger partial charge in [0, 0.05) is 6.04 Å². The van der Waals surface area contributed by atoms with Crippen LogP contribution in [0.3, 0.4) is 0 Å². The van der Waals surface area contributed by atoms with Gasteiger partial charge in [0.2, 0.25) is 5.91 Å². The average molecular weight is 245 g/mol. The number of carbonyl (C=O) groups is 1. The molecule has 0 radical (unpaired) electrons. The third-order valence-electron chi connectivity index (χ3n) is 3.19. The van der Waals surface area contributed by atoms with Crippen LogP contribution in [0.15, 0.2) is 12.3 Å². The van der Waals surface area contributed by atoms with E-state index in [9.17, 15) is 4.79 Å². The smallest absolute Gasteiger partial charge is 0.237 e. The molecule has 1 aromatic heterocycles. The number of nitriles is 1. The minimum Gasteiger partial charge on any atom is -0.368 e. The van der Waals surface area contributed by atoms with Gasteiger partial charge in [-0.05, 0) is 18.9 Å². The second-order valence-electron chi connectivity index (χ2n) is 4.41. The van der Waals surface area contributed by atoms with Gasteiger partial charge in [-0.2, -0.15) is 10.4 Å². The predicted octanol–water partition coefficient (Wildman–Crippen LogP) is 0.583. The van der Waals surface area contributed by atoms with Gasteiger partial charge in [-0.15, -0.1) is 5.10 Å². The molecule has 0 bridgehead atoms. The molecule has 1 aliphatic carbocycles. The van der Waals surface area contributed by atoms with Crippen molar-refractivity contribution < 1.29 is 4.79 Å². The Morgan fingerprint density at radius 1 is 1.56 bits per heavy atom. The fourth-order valence-corrected chi connectivity index (χ4v) is 2.38. The summed E-state index contributed by atoms with van der Waals surface area (Å²) in [7, 11) is 0. The first-order valence-corrected chi connectivity index (χ1v) is 5.99. The number of nitrogens with two attached hydrogens (primary N) is 1. The molecule has 6 nitrogen and oxygen atoms in total. The molecular weight excluding hydrogens is 230 g/mol. The molecule has 1 saturated carbocycles. The Balaban J connectivity index is 2.32. The number of aromatic nitrogens is 2. The third-order valence-corrected chi connectivity index (χ3v) is 3.19. The van der Waals surface area contributed by atoms with Crippen LogP contribution in [0.4, 0.5) is 5.82 Å². The molecule has 0 saturated heterocycles. The van der Waals surface area contributed by atoms with Crippen LogP contribution >= 0.6 is 0 Å². The zero-order chi connectivity index (χ0) is 13.0. The van der Waals surface area contributed by atoms with E-state index in [4.69, 9.17) is 11.0 Å². The van der Waals surface area contributed by atoms with Gasteiger partial charge < -0.3 is 10.6 Å². The summed E-state index contributed by atoms with van der Waals surface area (Å²) < 4.78 is 0. The topological polar surface area (TPSA) is 95.9 Å². The largest absolute Gasteiger partial charge is 0.368 e. The fourth-order valence-electron chi connectivity index (χ4n) is 2.38. The van der Waals surface area contributed by atoms with Crippen LogP contribution in [0.2, 0.25) is 0 Å². The molecule has 2 rings (SSSR count). The van der Waals surface area contributed by atoms with Crippen LogP contribution in [-0.4, -0.2) is 28.7 Å². The van der Waals surface area contributed by atoms with Crippen LogP contribution in [0.25, 0.3) is 0 Å². The Hall–Kier alpha value is -2.16. The normalized spacial score (nSPS) is 15.3. The Morgan fingerprint density at radius 2 is 2.28 bits per heavy atom. The number of nitrogens with zero attached hydrogens (tertiary/aromatic N) is 4. The van der Waals surface area contributed by atoms with E-state index >= 15 is 0 Å². The van der Waals surface area contributed by atoms with Crippen molar-refractivity contribution in [3.05, 3.63) is 17.8 Å². The van der Waals surface area contributed by atoms with Crippen molar-refractivity contribution in [1.29, 1.82) is 5.26 Å². The van der Waals surface area contributed by atoms with Gasteiger partial charge >= 0.3 is 0 Å². The molecule has 0 aliphatic heterocycles. The van der Waals surface area contributed by atoms with Crippen molar-refractivity contribution in [2.75, 3.05) is 11.4 Å². The van der Waals surface area contributed by atoms with Crippen molar-refractivity contribution in [2.45, 2.75) is 31.7 Å². The van der Waals surface area contributed by atoms with Gasteiger partial charge in [0.1, 0.15) is 6.07 Å². The lowest BCUT2D eigenvalue weighted by molar-refractivity contribution is -0.116. The van der Waals surface area contributed by atoms with Crippen LogP contribution < -0.4 is 10.6 Å². The molecule has 18 heavy (non-hydrogen) atoms. The number of amides is 1. The van der Waals surface area contributed by atoms with E-state index < -0.39 is 5.91 Å². The van der Waals surface area contributed by atoms with Gasteiger partial charge in [-0.25, -0.2) is 0 Å². The van der Waals surface area contributed by atoms with E-state index in [1.807, 2.05) is 4.90 Å². The highest BCUT2D eigenvalue weighted by Gasteiger charge is 2.26. The highest BCUT2D eigenvalue weighted by Crippen LogP contribution is 2.28. The first-order valence-electron chi connectivity index (χ1n) is 5.99. The molecule has 0 aromatic carbocycles. The van der Waals surface area contributed by atoms with E-state index in [1.54, 1.807) is 6.07 Å². The molecule has 2 N–H and O–H groups in total. The lowest BCUT2D eigenvalue weighted by Gasteiger charge is -2.28. The minimum atomic E-state index is -0.420. The fraction of sp³-hybridized carbons (Fsp3) is 0.500. The first-order chi connectivity index (χ1) is 8.72. The quantitative estimate of drug-likeness (QED) is 0.837. The molecular formula is C12H15N5O. The molecule has 94 valence electrons. The maximum absolute atomic E-state index is 11.2. The summed E-state index contributed by atoms with van der Waals surface area (Å²) in [5.41, 5.74) is 5.71. The summed E-state index contributed by atoms with van der Waals surface area (Å²) in [4.78, 5) is 13.0. The minimum absolute atomic E-state index is 0.0814. The zero-order valence-corrected chi connectivity index (χ0v) is 10.0. The van der Waals surface area contributed by atoms with E-state index in [2.05, 4.69) is 16.3 Å². The van der Waals surface area contributed by atoms with Crippen molar-refractivity contribution in [1.82, 2.24) is 10.2 Å². The van der Waals surface area contributed by atoms with Gasteiger partial charge in [0.15, 0.2) is 5.82 Å². The number of primary amides is 1. The lowest BCUT2D eigenvalue weighted by atomic mass is 10.2. The summed E-state index contributed by atoms with van der Waals surface area (Å²) in [6, 6.07) is 3.90. The van der Waals surface area contributed by atoms with E-state index in [0.29, 0.717) is 11.4 Å². The monoisotopic (exact) mass is 245 g/mol. The zero-order valence-electron chi connectivity index (χ0n) is 10.0. The summed E-state index contributed by atoms with van der Waals surface area (Å²) in [6.45, 7) is 0.0814. The molecule has 0 unspecified atom stereocenters. The second-order valence-corrected chi connectivity index (χ2v) is 4.41. The third kappa shape index (κ3) is 2.56. The second kappa shape index (κ2) is 5.45. The van der Waals surface area contributed by atoms with Crippen LogP contribution in [-0.2, 0) is 4.79 Å². The van der Waals surface area contributed by atoms with Gasteiger partial charge in [-0.1, -0.05) is 12.8 Å². The molecule has 1 aliphatic rings. The van der Waals surface area contributed by atoms with E-state index in [-0.39, 0.29) is 12.6 Å². The Morgan fingerprint density at radius 3 is 2.89 bits per heavy atom. The first kappa shape index (κ1) is 12.3. The average Bonchev–Trinajstić information content (AvgIpc) is 2.89. The number of carbonyl (C=O) groups excluding carboxylic acids is 1. The molecule has 0 atom stereocenters. The van der Waals surface area contributed by atoms with Crippen molar-refractivity contribution in [2.24, 2.45) is 5.73 Å². The molecule has 0 spiro atoms. The van der Waals surface area contributed by atoms with Gasteiger partial charge in [0.05, 0.1) is 18.3 Å². The Labute approximate surface area is 105 Å². The number of anilines is 1. The van der Waals surface area contributed by atoms with Crippen molar-refractivity contribution in [3.8, 4) is 6.07 Å². The summed E-state index contributed by atoms with van der Waals surface area (Å²) >= 11 is 0. The Kier molecular flexibility index (Phi) is 3.72. The standard InChI is InChI=1S/C12H15N5O/c13-7-9-5-6-15-16-12(9)17(8-11(14)18)10-3-1-2-4-10/h5-6,10H,1-4,8H2,(H2,14,18). The molecule has 1 amide bonds. The van der Waals surface area contributed by atoms with Crippen LogP contribution in [0.1, 0.15) is 31.2 Å². The number of hydrogen-bond acceptors (Lipinski definition) is 5. The highest BCUT2D eigenvalue weighted by atomic mass is 16.1. The van der Waals surface area contributed by atoms with Crippen molar-refractivity contribution in [3.63, 3.8) is 0 Å². The molecule has 6 heteroatoms. The highest BCUT2D eigenvalue weighted by molar-refractivity contribution is 5.79. The Bertz CT molecular complexity index is 476. The van der Waals surface area contributed by atoms with Gasteiger partial charge in [0.25, 0.3) is 0 Å². The number of hydrogen-bond donors (Lipinski definition) is 1. The van der Waals surface area contributed by atoms with E-state index in [1.165, 1.54) is 6.20 Å². The molecule has 1 fully saturated rings. The van der Waals surface area contributed by atoms with E-state index in [0.717, 1.165) is 25.7 Å².